The summed E-state index contributed by atoms with van der Waals surface area (Å²) in [7, 11) is 4.37. The molecule has 7 heteroatoms. The average Bonchev–Trinajstić information content (AvgIpc) is 2.63. The van der Waals surface area contributed by atoms with E-state index < -0.39 is 17.5 Å². The van der Waals surface area contributed by atoms with Gasteiger partial charge < -0.3 is 19.5 Å². The van der Waals surface area contributed by atoms with Crippen molar-refractivity contribution in [2.45, 2.75) is 6.42 Å². The molecule has 134 valence electrons. The summed E-state index contributed by atoms with van der Waals surface area (Å²) in [6.07, 6.45) is 0.166. The van der Waals surface area contributed by atoms with Crippen LogP contribution in [-0.2, 0) is 6.42 Å². The van der Waals surface area contributed by atoms with Crippen LogP contribution in [0.1, 0.15) is 15.9 Å². The number of benzene rings is 2. The number of carbonyl (C=O) groups excluding carboxylic acids is 1. The van der Waals surface area contributed by atoms with Gasteiger partial charge in [0.05, 0.1) is 21.3 Å². The van der Waals surface area contributed by atoms with Gasteiger partial charge in [0.1, 0.15) is 0 Å². The molecule has 25 heavy (non-hydrogen) atoms. The van der Waals surface area contributed by atoms with Crippen LogP contribution in [0.15, 0.2) is 30.3 Å². The molecular weight excluding hydrogens is 332 g/mol. The molecule has 0 atom stereocenters. The van der Waals surface area contributed by atoms with Gasteiger partial charge in [-0.25, -0.2) is 8.78 Å². The third-order valence-electron chi connectivity index (χ3n) is 3.64. The highest BCUT2D eigenvalue weighted by molar-refractivity contribution is 5.95. The lowest BCUT2D eigenvalue weighted by molar-refractivity contribution is 0.0953. The molecule has 5 nitrogen and oxygen atoms in total. The molecule has 2 rings (SSSR count). The fourth-order valence-corrected chi connectivity index (χ4v) is 2.37. The summed E-state index contributed by atoms with van der Waals surface area (Å²) in [5, 5.41) is 2.65. The SMILES string of the molecule is COc1cc(C(=O)NCCc2cccc(F)c2F)cc(OC)c1OC. The molecular formula is C18H19F2NO4. The molecule has 0 fully saturated rings. The molecule has 0 aliphatic heterocycles. The van der Waals surface area contributed by atoms with E-state index in [1.165, 1.54) is 45.6 Å². The van der Waals surface area contributed by atoms with Crippen LogP contribution < -0.4 is 19.5 Å². The molecule has 1 amide bonds. The number of rotatable bonds is 7. The maximum atomic E-state index is 13.6. The number of carbonyl (C=O) groups is 1. The third-order valence-corrected chi connectivity index (χ3v) is 3.64. The Morgan fingerprint density at radius 3 is 2.24 bits per heavy atom. The third kappa shape index (κ3) is 4.17. The highest BCUT2D eigenvalue weighted by atomic mass is 19.2. The minimum absolute atomic E-state index is 0.149. The van der Waals surface area contributed by atoms with Gasteiger partial charge in [-0.05, 0) is 30.2 Å². The first kappa shape index (κ1) is 18.5. The lowest BCUT2D eigenvalue weighted by Crippen LogP contribution is -2.26. The molecule has 1 N–H and O–H groups in total. The molecule has 0 bridgehead atoms. The van der Waals surface area contributed by atoms with E-state index in [9.17, 15) is 13.6 Å². The summed E-state index contributed by atoms with van der Waals surface area (Å²) in [6.45, 7) is 0.149. The van der Waals surface area contributed by atoms with Crippen molar-refractivity contribution in [1.29, 1.82) is 0 Å². The van der Waals surface area contributed by atoms with E-state index >= 15 is 0 Å². The lowest BCUT2D eigenvalue weighted by Gasteiger charge is -2.14. The minimum atomic E-state index is -0.909. The quantitative estimate of drug-likeness (QED) is 0.833. The first-order valence-electron chi connectivity index (χ1n) is 7.53. The van der Waals surface area contributed by atoms with Crippen LogP contribution in [0.4, 0.5) is 8.78 Å². The molecule has 0 saturated heterocycles. The highest BCUT2D eigenvalue weighted by Gasteiger charge is 2.17. The van der Waals surface area contributed by atoms with Crippen LogP contribution in [0, 0.1) is 11.6 Å². The predicted octanol–water partition coefficient (Wildman–Crippen LogP) is 2.96. The number of ether oxygens (including phenoxy) is 3. The van der Waals surface area contributed by atoms with E-state index in [1.807, 2.05) is 0 Å². The first-order valence-corrected chi connectivity index (χ1v) is 7.53. The van der Waals surface area contributed by atoms with Gasteiger partial charge >= 0.3 is 0 Å². The monoisotopic (exact) mass is 351 g/mol. The predicted molar refractivity (Wildman–Crippen MR) is 88.5 cm³/mol. The second kappa shape index (κ2) is 8.32. The Hall–Kier alpha value is -2.83. The Morgan fingerprint density at radius 2 is 1.68 bits per heavy atom. The molecule has 0 spiro atoms. The topological polar surface area (TPSA) is 56.8 Å². The number of methoxy groups -OCH3 is 3. The largest absolute Gasteiger partial charge is 0.493 e. The van der Waals surface area contributed by atoms with Crippen LogP contribution in [0.2, 0.25) is 0 Å². The molecule has 0 aliphatic carbocycles. The van der Waals surface area contributed by atoms with Gasteiger partial charge in [0, 0.05) is 12.1 Å². The summed E-state index contributed by atoms with van der Waals surface area (Å²) >= 11 is 0. The smallest absolute Gasteiger partial charge is 0.251 e. The van der Waals surface area contributed by atoms with Crippen molar-refractivity contribution in [3.8, 4) is 17.2 Å². The van der Waals surface area contributed by atoms with Gasteiger partial charge in [-0.3, -0.25) is 4.79 Å². The summed E-state index contributed by atoms with van der Waals surface area (Å²) in [6, 6.07) is 6.98. The summed E-state index contributed by atoms with van der Waals surface area (Å²) in [5.41, 5.74) is 0.499. The Labute approximate surface area is 144 Å². The molecule has 0 unspecified atom stereocenters. The maximum absolute atomic E-state index is 13.6. The normalized spacial score (nSPS) is 10.3. The van der Waals surface area contributed by atoms with E-state index in [0.717, 1.165) is 6.07 Å². The zero-order valence-corrected chi connectivity index (χ0v) is 14.2. The van der Waals surface area contributed by atoms with E-state index in [2.05, 4.69) is 5.32 Å². The number of hydrogen-bond donors (Lipinski definition) is 1. The van der Waals surface area contributed by atoms with Crippen molar-refractivity contribution in [3.05, 3.63) is 53.1 Å². The Bertz CT molecular complexity index is 740. The standard InChI is InChI=1S/C18H19F2NO4/c1-23-14-9-12(10-15(24-2)17(14)25-3)18(22)21-8-7-11-5-4-6-13(19)16(11)20/h4-6,9-10H,7-8H2,1-3H3,(H,21,22). The number of amides is 1. The molecule has 0 heterocycles. The van der Waals surface area contributed by atoms with E-state index in [4.69, 9.17) is 14.2 Å². The van der Waals surface area contributed by atoms with Crippen molar-refractivity contribution in [3.63, 3.8) is 0 Å². The molecule has 2 aromatic rings. The fourth-order valence-electron chi connectivity index (χ4n) is 2.37. The zero-order valence-electron chi connectivity index (χ0n) is 14.2. The summed E-state index contributed by atoms with van der Waals surface area (Å²) in [4.78, 5) is 12.3. The second-order valence-corrected chi connectivity index (χ2v) is 5.13. The van der Waals surface area contributed by atoms with Gasteiger partial charge in [-0.1, -0.05) is 12.1 Å². The summed E-state index contributed by atoms with van der Waals surface area (Å²) in [5.74, 6) is -1.12. The highest BCUT2D eigenvalue weighted by Crippen LogP contribution is 2.38. The second-order valence-electron chi connectivity index (χ2n) is 5.13. The van der Waals surface area contributed by atoms with Crippen LogP contribution in [0.3, 0.4) is 0 Å². The average molecular weight is 351 g/mol. The Balaban J connectivity index is 2.09. The van der Waals surface area contributed by atoms with Gasteiger partial charge in [-0.2, -0.15) is 0 Å². The molecule has 0 saturated carbocycles. The van der Waals surface area contributed by atoms with Crippen LogP contribution in [-0.4, -0.2) is 33.8 Å². The van der Waals surface area contributed by atoms with Crippen molar-refractivity contribution in [2.24, 2.45) is 0 Å². The van der Waals surface area contributed by atoms with Crippen LogP contribution >= 0.6 is 0 Å². The Morgan fingerprint density at radius 1 is 1.04 bits per heavy atom. The van der Waals surface area contributed by atoms with Gasteiger partial charge in [-0.15, -0.1) is 0 Å². The van der Waals surface area contributed by atoms with E-state index in [1.54, 1.807) is 0 Å². The number of hydrogen-bond acceptors (Lipinski definition) is 4. The summed E-state index contributed by atoms with van der Waals surface area (Å²) < 4.78 is 42.4. The molecule has 0 radical (unpaired) electrons. The van der Waals surface area contributed by atoms with Gasteiger partial charge in [0.15, 0.2) is 23.1 Å². The maximum Gasteiger partial charge on any atom is 0.251 e. The number of halogens is 2. The zero-order chi connectivity index (χ0) is 18.4. The minimum Gasteiger partial charge on any atom is -0.493 e. The first-order chi connectivity index (χ1) is 12.0. The van der Waals surface area contributed by atoms with E-state index in [0.29, 0.717) is 22.8 Å². The molecule has 2 aromatic carbocycles. The van der Waals surface area contributed by atoms with Gasteiger partial charge in [0.25, 0.3) is 5.91 Å². The lowest BCUT2D eigenvalue weighted by atomic mass is 10.1. The van der Waals surface area contributed by atoms with Crippen molar-refractivity contribution in [2.75, 3.05) is 27.9 Å². The molecule has 0 aromatic heterocycles. The van der Waals surface area contributed by atoms with Gasteiger partial charge in [0.2, 0.25) is 5.75 Å². The van der Waals surface area contributed by atoms with Crippen LogP contribution in [0.25, 0.3) is 0 Å². The fraction of sp³-hybridized carbons (Fsp3) is 0.278. The van der Waals surface area contributed by atoms with Crippen LogP contribution in [0.5, 0.6) is 17.2 Å². The van der Waals surface area contributed by atoms with Crippen molar-refractivity contribution >= 4 is 5.91 Å². The van der Waals surface area contributed by atoms with Crippen molar-refractivity contribution in [1.82, 2.24) is 5.32 Å². The number of nitrogens with one attached hydrogen (secondary N) is 1. The Kier molecular flexibility index (Phi) is 6.16. The molecule has 0 aliphatic rings. The van der Waals surface area contributed by atoms with E-state index in [-0.39, 0.29) is 18.5 Å². The van der Waals surface area contributed by atoms with Crippen molar-refractivity contribution < 1.29 is 27.8 Å².